The fourth-order valence-corrected chi connectivity index (χ4v) is 2.82. The summed E-state index contributed by atoms with van der Waals surface area (Å²) in [4.78, 5) is 0. The maximum atomic E-state index is 13.9. The predicted molar refractivity (Wildman–Crippen MR) is 79.2 cm³/mol. The first-order valence-corrected chi connectivity index (χ1v) is 7.22. The van der Waals surface area contributed by atoms with Crippen molar-refractivity contribution < 1.29 is 8.78 Å². The van der Waals surface area contributed by atoms with E-state index >= 15 is 0 Å². The second-order valence-electron chi connectivity index (χ2n) is 3.90. The fraction of sp³-hybridized carbons (Fsp3) is 0.0769. The summed E-state index contributed by atoms with van der Waals surface area (Å²) in [6.07, 6.45) is 0. The Hall–Kier alpha value is -0.490. The lowest BCUT2D eigenvalue weighted by atomic mass is 9.98. The van der Waals surface area contributed by atoms with Crippen molar-refractivity contribution >= 4 is 43.5 Å². The number of nitrogens with two attached hydrogens (primary N) is 1. The topological polar surface area (TPSA) is 26.0 Å². The van der Waals surface area contributed by atoms with Gasteiger partial charge in [-0.15, -0.1) is 0 Å². The van der Waals surface area contributed by atoms with Gasteiger partial charge in [-0.2, -0.15) is 0 Å². The average Bonchev–Trinajstić information content (AvgIpc) is 2.33. The number of rotatable bonds is 2. The molecule has 2 N–H and O–H groups in total. The second-order valence-corrected chi connectivity index (χ2v) is 6.02. The van der Waals surface area contributed by atoms with Crippen LogP contribution < -0.4 is 5.73 Å². The molecule has 2 aromatic carbocycles. The van der Waals surface area contributed by atoms with Crippen molar-refractivity contribution in [3.63, 3.8) is 0 Å². The van der Waals surface area contributed by atoms with Gasteiger partial charge in [0.1, 0.15) is 11.6 Å². The monoisotopic (exact) mass is 409 g/mol. The minimum atomic E-state index is -0.943. The van der Waals surface area contributed by atoms with Gasteiger partial charge in [0.05, 0.1) is 11.1 Å². The molecule has 0 aliphatic carbocycles. The highest BCUT2D eigenvalue weighted by Gasteiger charge is 2.21. The minimum absolute atomic E-state index is 0.138. The molecule has 0 bridgehead atoms. The SMILES string of the molecule is NC(c1cc(Cl)c(Br)cc1F)c1c(F)cccc1Br. The zero-order valence-electron chi connectivity index (χ0n) is 9.43. The zero-order valence-corrected chi connectivity index (χ0v) is 13.4. The molecule has 0 aliphatic rings. The Balaban J connectivity index is 2.56. The van der Waals surface area contributed by atoms with Gasteiger partial charge in [-0.1, -0.05) is 33.6 Å². The predicted octanol–water partition coefficient (Wildman–Crippen LogP) is 5.19. The summed E-state index contributed by atoms with van der Waals surface area (Å²) >= 11 is 12.3. The molecule has 2 rings (SSSR count). The lowest BCUT2D eigenvalue weighted by molar-refractivity contribution is 0.574. The summed E-state index contributed by atoms with van der Waals surface area (Å²) in [6.45, 7) is 0. The summed E-state index contributed by atoms with van der Waals surface area (Å²) in [5.41, 5.74) is 6.29. The molecule has 0 saturated heterocycles. The van der Waals surface area contributed by atoms with E-state index in [-0.39, 0.29) is 11.1 Å². The smallest absolute Gasteiger partial charge is 0.129 e. The van der Waals surface area contributed by atoms with Crippen LogP contribution in [0.2, 0.25) is 5.02 Å². The van der Waals surface area contributed by atoms with Gasteiger partial charge in [0.2, 0.25) is 0 Å². The van der Waals surface area contributed by atoms with Crippen LogP contribution in [-0.4, -0.2) is 0 Å². The molecule has 0 aliphatic heterocycles. The molecule has 1 nitrogen and oxygen atoms in total. The maximum absolute atomic E-state index is 13.9. The van der Waals surface area contributed by atoms with Crippen LogP contribution in [0, 0.1) is 11.6 Å². The van der Waals surface area contributed by atoms with E-state index in [4.69, 9.17) is 17.3 Å². The third-order valence-electron chi connectivity index (χ3n) is 2.69. The van der Waals surface area contributed by atoms with Gasteiger partial charge in [0.25, 0.3) is 0 Å². The third-order valence-corrected chi connectivity index (χ3v) is 4.57. The Labute approximate surface area is 131 Å². The van der Waals surface area contributed by atoms with E-state index in [1.165, 1.54) is 18.2 Å². The van der Waals surface area contributed by atoms with Crippen LogP contribution in [0.1, 0.15) is 17.2 Å². The van der Waals surface area contributed by atoms with Crippen LogP contribution >= 0.6 is 43.5 Å². The van der Waals surface area contributed by atoms with Gasteiger partial charge in [0, 0.05) is 20.1 Å². The van der Waals surface area contributed by atoms with E-state index in [1.807, 2.05) is 0 Å². The summed E-state index contributed by atoms with van der Waals surface area (Å²) in [5.74, 6) is -1.04. The molecule has 0 radical (unpaired) electrons. The van der Waals surface area contributed by atoms with Gasteiger partial charge in [-0.05, 0) is 40.2 Å². The first-order valence-electron chi connectivity index (χ1n) is 5.25. The van der Waals surface area contributed by atoms with Gasteiger partial charge >= 0.3 is 0 Å². The summed E-state index contributed by atoms with van der Waals surface area (Å²) in [6, 6.07) is 6.13. The van der Waals surface area contributed by atoms with Gasteiger partial charge in [-0.25, -0.2) is 8.78 Å². The molecule has 100 valence electrons. The lowest BCUT2D eigenvalue weighted by Gasteiger charge is -2.16. The highest BCUT2D eigenvalue weighted by molar-refractivity contribution is 9.10. The van der Waals surface area contributed by atoms with E-state index in [0.717, 1.165) is 0 Å². The van der Waals surface area contributed by atoms with Crippen molar-refractivity contribution in [1.82, 2.24) is 0 Å². The van der Waals surface area contributed by atoms with E-state index in [0.29, 0.717) is 14.0 Å². The van der Waals surface area contributed by atoms with Crippen molar-refractivity contribution in [2.24, 2.45) is 5.73 Å². The highest BCUT2D eigenvalue weighted by atomic mass is 79.9. The maximum Gasteiger partial charge on any atom is 0.129 e. The average molecular weight is 411 g/mol. The number of hydrogen-bond donors (Lipinski definition) is 1. The Bertz CT molecular complexity index is 614. The van der Waals surface area contributed by atoms with Crippen LogP contribution in [0.3, 0.4) is 0 Å². The largest absolute Gasteiger partial charge is 0.320 e. The van der Waals surface area contributed by atoms with Crippen LogP contribution in [0.15, 0.2) is 39.3 Å². The molecule has 0 heterocycles. The van der Waals surface area contributed by atoms with Gasteiger partial charge < -0.3 is 5.73 Å². The molecular weight excluding hydrogens is 403 g/mol. The Kier molecular flexibility index (Phi) is 4.61. The summed E-state index contributed by atoms with van der Waals surface area (Å²) in [5, 5.41) is 0.319. The number of halogens is 5. The standard InChI is InChI=1S/C13H8Br2ClF2N/c14-7-2-1-3-10(17)12(7)13(19)6-4-9(16)8(15)5-11(6)18/h1-5,13H,19H2. The molecule has 6 heteroatoms. The summed E-state index contributed by atoms with van der Waals surface area (Å²) < 4.78 is 28.7. The van der Waals surface area contributed by atoms with Gasteiger partial charge in [0.15, 0.2) is 0 Å². The normalized spacial score (nSPS) is 12.5. The molecule has 0 aromatic heterocycles. The van der Waals surface area contributed by atoms with Crippen molar-refractivity contribution in [2.75, 3.05) is 0 Å². The van der Waals surface area contributed by atoms with Crippen LogP contribution in [0.4, 0.5) is 8.78 Å². The highest BCUT2D eigenvalue weighted by Crippen LogP contribution is 2.34. The molecule has 19 heavy (non-hydrogen) atoms. The molecular formula is C13H8Br2ClF2N. The molecule has 1 atom stereocenters. The zero-order chi connectivity index (χ0) is 14.2. The first-order chi connectivity index (χ1) is 8.91. The molecule has 0 saturated carbocycles. The molecule has 1 unspecified atom stereocenters. The Morgan fingerprint density at radius 1 is 1.05 bits per heavy atom. The van der Waals surface area contributed by atoms with Crippen LogP contribution in [0.25, 0.3) is 0 Å². The van der Waals surface area contributed by atoms with E-state index in [9.17, 15) is 8.78 Å². The van der Waals surface area contributed by atoms with Crippen LogP contribution in [0.5, 0.6) is 0 Å². The second kappa shape index (κ2) is 5.87. The third kappa shape index (κ3) is 2.99. The van der Waals surface area contributed by atoms with E-state index in [1.54, 1.807) is 12.1 Å². The van der Waals surface area contributed by atoms with Crippen LogP contribution in [-0.2, 0) is 0 Å². The molecule has 2 aromatic rings. The fourth-order valence-electron chi connectivity index (χ4n) is 1.74. The van der Waals surface area contributed by atoms with Crippen molar-refractivity contribution in [3.8, 4) is 0 Å². The van der Waals surface area contributed by atoms with E-state index in [2.05, 4.69) is 31.9 Å². The number of hydrogen-bond acceptors (Lipinski definition) is 1. The molecule has 0 amide bonds. The van der Waals surface area contributed by atoms with Crippen molar-refractivity contribution in [2.45, 2.75) is 6.04 Å². The molecule has 0 fully saturated rings. The lowest BCUT2D eigenvalue weighted by Crippen LogP contribution is -2.16. The quantitative estimate of drug-likeness (QED) is 0.676. The van der Waals surface area contributed by atoms with Crippen molar-refractivity contribution in [1.29, 1.82) is 0 Å². The van der Waals surface area contributed by atoms with Gasteiger partial charge in [-0.3, -0.25) is 0 Å². The van der Waals surface area contributed by atoms with Crippen molar-refractivity contribution in [3.05, 3.63) is 67.1 Å². The Morgan fingerprint density at radius 2 is 1.74 bits per heavy atom. The summed E-state index contributed by atoms with van der Waals surface area (Å²) in [7, 11) is 0. The molecule has 0 spiro atoms. The Morgan fingerprint density at radius 3 is 2.37 bits per heavy atom. The van der Waals surface area contributed by atoms with E-state index < -0.39 is 17.7 Å². The first kappa shape index (κ1) is 14.9. The minimum Gasteiger partial charge on any atom is -0.320 e. The number of benzene rings is 2.